The van der Waals surface area contributed by atoms with Crippen molar-refractivity contribution in [1.82, 2.24) is 4.90 Å². The summed E-state index contributed by atoms with van der Waals surface area (Å²) in [5.41, 5.74) is 5.89. The van der Waals surface area contributed by atoms with Crippen molar-refractivity contribution in [3.05, 3.63) is 0 Å². The van der Waals surface area contributed by atoms with Gasteiger partial charge in [-0.2, -0.15) is 0 Å². The molecule has 3 heteroatoms. The highest BCUT2D eigenvalue weighted by atomic mass is 19.1. The maximum absolute atomic E-state index is 12.0. The highest BCUT2D eigenvalue weighted by molar-refractivity contribution is 4.83. The summed E-state index contributed by atoms with van der Waals surface area (Å²) in [6.07, 6.45) is 8.17. The molecule has 0 aromatic carbocycles. The van der Waals surface area contributed by atoms with Gasteiger partial charge in [0.25, 0.3) is 0 Å². The van der Waals surface area contributed by atoms with Crippen LogP contribution < -0.4 is 5.73 Å². The number of halogens is 1. The van der Waals surface area contributed by atoms with E-state index in [9.17, 15) is 4.39 Å². The van der Waals surface area contributed by atoms with E-state index in [0.717, 1.165) is 38.9 Å². The molecule has 0 heterocycles. The molecule has 0 bridgehead atoms. The lowest BCUT2D eigenvalue weighted by molar-refractivity contribution is 0.110. The molecule has 0 amide bonds. The third-order valence-corrected chi connectivity index (χ3v) is 4.13. The molecule has 2 nitrogen and oxygen atoms in total. The summed E-state index contributed by atoms with van der Waals surface area (Å²) in [4.78, 5) is 2.58. The third-order valence-electron chi connectivity index (χ3n) is 4.13. The first-order valence-electron chi connectivity index (χ1n) is 7.33. The monoisotopic (exact) mass is 244 g/mol. The largest absolute Gasteiger partial charge is 0.330 e. The zero-order chi connectivity index (χ0) is 12.5. The van der Waals surface area contributed by atoms with E-state index in [-0.39, 0.29) is 6.67 Å². The maximum Gasteiger partial charge on any atom is 0.0894 e. The molecule has 2 N–H and O–H groups in total. The van der Waals surface area contributed by atoms with E-state index in [1.165, 1.54) is 25.7 Å². The number of hydrogen-bond donors (Lipinski definition) is 1. The summed E-state index contributed by atoms with van der Waals surface area (Å²) in [5, 5.41) is 0. The molecule has 0 saturated heterocycles. The number of hydrogen-bond acceptors (Lipinski definition) is 2. The molecule has 0 spiro atoms. The summed E-state index contributed by atoms with van der Waals surface area (Å²) >= 11 is 0. The first kappa shape index (κ1) is 14.9. The lowest BCUT2D eigenvalue weighted by Crippen LogP contribution is -2.45. The number of nitrogens with two attached hydrogens (primary N) is 1. The van der Waals surface area contributed by atoms with Crippen molar-refractivity contribution in [1.29, 1.82) is 0 Å². The van der Waals surface area contributed by atoms with Crippen LogP contribution in [0, 0.1) is 5.92 Å². The molecule has 0 aromatic heterocycles. The molecule has 1 rings (SSSR count). The van der Waals surface area contributed by atoms with Crippen LogP contribution in [0.2, 0.25) is 0 Å². The van der Waals surface area contributed by atoms with Crippen LogP contribution in [0.15, 0.2) is 0 Å². The Morgan fingerprint density at radius 2 is 1.94 bits per heavy atom. The van der Waals surface area contributed by atoms with Gasteiger partial charge in [-0.15, -0.1) is 0 Å². The van der Waals surface area contributed by atoms with E-state index in [4.69, 9.17) is 5.73 Å². The molecule has 0 aromatic rings. The van der Waals surface area contributed by atoms with Gasteiger partial charge in [-0.05, 0) is 57.7 Å². The Kier molecular flexibility index (Phi) is 7.78. The van der Waals surface area contributed by atoms with Gasteiger partial charge in [-0.25, -0.2) is 0 Å². The lowest BCUT2D eigenvalue weighted by atomic mass is 9.83. The van der Waals surface area contributed by atoms with Gasteiger partial charge in [-0.3, -0.25) is 4.39 Å². The van der Waals surface area contributed by atoms with Crippen LogP contribution in [0.1, 0.15) is 51.9 Å². The van der Waals surface area contributed by atoms with Crippen molar-refractivity contribution in [2.24, 2.45) is 11.7 Å². The summed E-state index contributed by atoms with van der Waals surface area (Å²) in [5.74, 6) is 0.685. The van der Waals surface area contributed by atoms with Crippen molar-refractivity contribution in [3.63, 3.8) is 0 Å². The zero-order valence-corrected chi connectivity index (χ0v) is 11.3. The quantitative estimate of drug-likeness (QED) is 0.665. The van der Waals surface area contributed by atoms with Gasteiger partial charge in [0.2, 0.25) is 0 Å². The van der Waals surface area contributed by atoms with Crippen molar-refractivity contribution in [2.45, 2.75) is 57.9 Å². The van der Waals surface area contributed by atoms with Gasteiger partial charge < -0.3 is 10.6 Å². The van der Waals surface area contributed by atoms with Gasteiger partial charge in [0, 0.05) is 6.04 Å². The SMILES string of the molecule is CCN(CCCCCF)C1CCCCC1CN. The Labute approximate surface area is 106 Å². The average Bonchev–Trinajstić information content (AvgIpc) is 2.39. The molecule has 2 unspecified atom stereocenters. The van der Waals surface area contributed by atoms with Gasteiger partial charge >= 0.3 is 0 Å². The number of alkyl halides is 1. The molecule has 17 heavy (non-hydrogen) atoms. The number of unbranched alkanes of at least 4 members (excludes halogenated alkanes) is 2. The minimum Gasteiger partial charge on any atom is -0.330 e. The van der Waals surface area contributed by atoms with Crippen LogP contribution in [0.4, 0.5) is 4.39 Å². The van der Waals surface area contributed by atoms with Gasteiger partial charge in [0.15, 0.2) is 0 Å². The van der Waals surface area contributed by atoms with E-state index in [0.29, 0.717) is 12.0 Å². The fraction of sp³-hybridized carbons (Fsp3) is 1.00. The topological polar surface area (TPSA) is 29.3 Å². The second kappa shape index (κ2) is 8.87. The Morgan fingerprint density at radius 1 is 1.18 bits per heavy atom. The second-order valence-electron chi connectivity index (χ2n) is 5.23. The molecule has 1 aliphatic rings. The maximum atomic E-state index is 12.0. The van der Waals surface area contributed by atoms with Crippen LogP contribution in [0.5, 0.6) is 0 Å². The first-order valence-corrected chi connectivity index (χ1v) is 7.33. The summed E-state index contributed by atoms with van der Waals surface area (Å²) in [6.45, 7) is 5.12. The Balaban J connectivity index is 2.35. The van der Waals surface area contributed by atoms with E-state index in [1.54, 1.807) is 0 Å². The van der Waals surface area contributed by atoms with Gasteiger partial charge in [0.05, 0.1) is 6.67 Å². The van der Waals surface area contributed by atoms with Crippen LogP contribution in [-0.4, -0.2) is 37.3 Å². The molecular formula is C14H29FN2. The summed E-state index contributed by atoms with van der Waals surface area (Å²) in [6, 6.07) is 0.684. The summed E-state index contributed by atoms with van der Waals surface area (Å²) < 4.78 is 12.0. The second-order valence-corrected chi connectivity index (χ2v) is 5.23. The van der Waals surface area contributed by atoms with Crippen LogP contribution >= 0.6 is 0 Å². The third kappa shape index (κ3) is 4.92. The van der Waals surface area contributed by atoms with Crippen LogP contribution in [0.3, 0.4) is 0 Å². The fourth-order valence-electron chi connectivity index (χ4n) is 3.09. The van der Waals surface area contributed by atoms with E-state index >= 15 is 0 Å². The minimum absolute atomic E-state index is 0.166. The van der Waals surface area contributed by atoms with E-state index in [2.05, 4.69) is 11.8 Å². The van der Waals surface area contributed by atoms with Crippen molar-refractivity contribution < 1.29 is 4.39 Å². The highest BCUT2D eigenvalue weighted by Crippen LogP contribution is 2.28. The van der Waals surface area contributed by atoms with Crippen LogP contribution in [0.25, 0.3) is 0 Å². The minimum atomic E-state index is -0.166. The lowest BCUT2D eigenvalue weighted by Gasteiger charge is -2.39. The Bertz CT molecular complexity index is 187. The summed E-state index contributed by atoms with van der Waals surface area (Å²) in [7, 11) is 0. The van der Waals surface area contributed by atoms with E-state index in [1.807, 2.05) is 0 Å². The molecular weight excluding hydrogens is 215 g/mol. The van der Waals surface area contributed by atoms with Gasteiger partial charge in [0.1, 0.15) is 0 Å². The Hall–Kier alpha value is -0.150. The normalized spacial score (nSPS) is 25.4. The van der Waals surface area contributed by atoms with E-state index < -0.39 is 0 Å². The molecule has 0 aliphatic heterocycles. The number of rotatable bonds is 8. The van der Waals surface area contributed by atoms with Crippen LogP contribution in [-0.2, 0) is 0 Å². The average molecular weight is 244 g/mol. The molecule has 102 valence electrons. The fourth-order valence-corrected chi connectivity index (χ4v) is 3.09. The van der Waals surface area contributed by atoms with Crippen molar-refractivity contribution in [2.75, 3.05) is 26.3 Å². The smallest absolute Gasteiger partial charge is 0.0894 e. The predicted molar refractivity (Wildman–Crippen MR) is 71.9 cm³/mol. The molecule has 1 saturated carbocycles. The molecule has 0 radical (unpaired) electrons. The predicted octanol–water partition coefficient (Wildman–Crippen LogP) is 2.97. The standard InChI is InChI=1S/C14H29FN2/c1-2-17(11-7-3-6-10-15)14-9-5-4-8-13(14)12-16/h13-14H,2-12,16H2,1H3. The molecule has 2 atom stereocenters. The van der Waals surface area contributed by atoms with Crippen molar-refractivity contribution >= 4 is 0 Å². The first-order chi connectivity index (χ1) is 8.33. The zero-order valence-electron chi connectivity index (χ0n) is 11.3. The van der Waals surface area contributed by atoms with Crippen molar-refractivity contribution in [3.8, 4) is 0 Å². The van der Waals surface area contributed by atoms with Gasteiger partial charge in [-0.1, -0.05) is 19.8 Å². The molecule has 1 aliphatic carbocycles. The highest BCUT2D eigenvalue weighted by Gasteiger charge is 2.27. The molecule has 1 fully saturated rings. The number of nitrogens with zero attached hydrogens (tertiary/aromatic N) is 1. The Morgan fingerprint density at radius 3 is 2.59 bits per heavy atom.